The third kappa shape index (κ3) is 3.90. The molecule has 1 aromatic heterocycles. The van der Waals surface area contributed by atoms with Crippen LogP contribution in [0.1, 0.15) is 0 Å². The summed E-state index contributed by atoms with van der Waals surface area (Å²) in [6.07, 6.45) is -8.13. The van der Waals surface area contributed by atoms with Crippen molar-refractivity contribution in [3.63, 3.8) is 0 Å². The van der Waals surface area contributed by atoms with Crippen molar-refractivity contribution in [2.24, 2.45) is 0 Å². The van der Waals surface area contributed by atoms with Gasteiger partial charge in [0.1, 0.15) is 41.1 Å². The van der Waals surface area contributed by atoms with Crippen LogP contribution >= 0.6 is 0 Å². The topological polar surface area (TPSA) is 211 Å². The summed E-state index contributed by atoms with van der Waals surface area (Å²) in [5, 5.41) is 78.6. The average Bonchev–Trinajstić information content (AvgIpc) is 2.78. The molecule has 4 rings (SSSR count). The number of aliphatic hydroxyl groups excluding tert-OH is 4. The fourth-order valence-corrected chi connectivity index (χ4v) is 3.47. The van der Waals surface area contributed by atoms with Crippen LogP contribution in [0.25, 0.3) is 22.3 Å². The van der Waals surface area contributed by atoms with E-state index in [1.165, 1.54) is 12.1 Å². The summed E-state index contributed by atoms with van der Waals surface area (Å²) in [6.45, 7) is -0.711. The smallest absolute Gasteiger partial charge is 0.229 e. The lowest BCUT2D eigenvalue weighted by Crippen LogP contribution is -2.60. The fraction of sp³-hybridized carbons (Fsp3) is 0.286. The van der Waals surface area contributed by atoms with Crippen LogP contribution < -0.4 is 10.2 Å². The first-order valence-corrected chi connectivity index (χ1v) is 9.64. The van der Waals surface area contributed by atoms with Gasteiger partial charge in [-0.05, 0) is 18.2 Å². The monoisotopic (exact) mass is 464 g/mol. The van der Waals surface area contributed by atoms with E-state index in [0.29, 0.717) is 0 Å². The highest BCUT2D eigenvalue weighted by Gasteiger charge is 2.45. The molecule has 2 heterocycles. The fourth-order valence-electron chi connectivity index (χ4n) is 3.47. The van der Waals surface area contributed by atoms with Crippen LogP contribution in [0, 0.1) is 0 Å². The van der Waals surface area contributed by atoms with Crippen LogP contribution in [0.5, 0.6) is 28.7 Å². The lowest BCUT2D eigenvalue weighted by Gasteiger charge is -2.39. The molecule has 0 amide bonds. The molecular weight excluding hydrogens is 444 g/mol. The predicted molar refractivity (Wildman–Crippen MR) is 109 cm³/mol. The molecule has 3 aromatic rings. The third-order valence-electron chi connectivity index (χ3n) is 5.28. The van der Waals surface area contributed by atoms with Crippen LogP contribution in [0.15, 0.2) is 39.5 Å². The first kappa shape index (κ1) is 22.6. The number of phenolic OH excluding ortho intramolecular Hbond substituents is 4. The van der Waals surface area contributed by atoms with Gasteiger partial charge >= 0.3 is 0 Å². The van der Waals surface area contributed by atoms with E-state index in [-0.39, 0.29) is 28.0 Å². The first-order chi connectivity index (χ1) is 15.6. The first-order valence-electron chi connectivity index (χ1n) is 9.64. The Balaban J connectivity index is 1.77. The zero-order valence-corrected chi connectivity index (χ0v) is 16.7. The van der Waals surface area contributed by atoms with Crippen molar-refractivity contribution in [3.8, 4) is 40.1 Å². The lowest BCUT2D eigenvalue weighted by atomic mass is 9.99. The summed E-state index contributed by atoms with van der Waals surface area (Å²) in [4.78, 5) is 12.6. The molecule has 0 saturated carbocycles. The quantitative estimate of drug-likeness (QED) is 0.229. The number of phenols is 4. The second-order valence-electron chi connectivity index (χ2n) is 7.44. The van der Waals surface area contributed by atoms with Crippen molar-refractivity contribution in [1.29, 1.82) is 0 Å². The van der Waals surface area contributed by atoms with Gasteiger partial charge in [0, 0.05) is 17.7 Å². The molecule has 12 nitrogen and oxygen atoms in total. The van der Waals surface area contributed by atoms with Gasteiger partial charge in [-0.15, -0.1) is 0 Å². The summed E-state index contributed by atoms with van der Waals surface area (Å²) in [5.74, 6) is -3.18. The van der Waals surface area contributed by atoms with Crippen LogP contribution in [-0.2, 0) is 4.74 Å². The summed E-state index contributed by atoms with van der Waals surface area (Å²) in [7, 11) is 0. The van der Waals surface area contributed by atoms with Gasteiger partial charge in [0.05, 0.1) is 6.61 Å². The molecule has 0 unspecified atom stereocenters. The van der Waals surface area contributed by atoms with E-state index < -0.39 is 65.7 Å². The Morgan fingerprint density at radius 2 is 1.61 bits per heavy atom. The number of rotatable bonds is 4. The molecule has 0 aliphatic carbocycles. The standard InChI is InChI=1S/C21H20O12/c22-6-14-17(27)19(29)20(30)21(33-14)32-13-5-12-15(18(28)16(13)26)10(25)4-11(31-12)7-1-2-8(23)9(24)3-7/h1-5,14,17,19-24,26-30H,6H2/t14-,17-,19+,20-,21-/m1/s1. The van der Waals surface area contributed by atoms with Crippen molar-refractivity contribution < 1.29 is 54.7 Å². The lowest BCUT2D eigenvalue weighted by molar-refractivity contribution is -0.277. The number of aromatic hydroxyl groups is 4. The SMILES string of the molecule is O=c1cc(-c2ccc(O)c(O)c2)oc2cc(O[C@@H]3O[C@H](CO)[C@@H](O)[C@H](O)[C@H]3O)c(O)c(O)c12. The van der Waals surface area contributed by atoms with E-state index in [2.05, 4.69) is 0 Å². The summed E-state index contributed by atoms with van der Waals surface area (Å²) in [5.41, 5.74) is -0.778. The van der Waals surface area contributed by atoms with E-state index in [0.717, 1.165) is 18.2 Å². The predicted octanol–water partition coefficient (Wildman–Crippen LogP) is -0.539. The molecule has 1 fully saturated rings. The van der Waals surface area contributed by atoms with Crippen LogP contribution in [0.4, 0.5) is 0 Å². The van der Waals surface area contributed by atoms with E-state index in [9.17, 15) is 45.6 Å². The molecule has 0 bridgehead atoms. The van der Waals surface area contributed by atoms with E-state index >= 15 is 0 Å². The maximum Gasteiger partial charge on any atom is 0.229 e. The van der Waals surface area contributed by atoms with Crippen LogP contribution in [0.2, 0.25) is 0 Å². The molecule has 0 radical (unpaired) electrons. The van der Waals surface area contributed by atoms with Crippen LogP contribution in [-0.4, -0.2) is 78.2 Å². The van der Waals surface area contributed by atoms with Gasteiger partial charge in [-0.2, -0.15) is 0 Å². The van der Waals surface area contributed by atoms with Crippen molar-refractivity contribution in [1.82, 2.24) is 0 Å². The largest absolute Gasteiger partial charge is 0.504 e. The van der Waals surface area contributed by atoms with Crippen LogP contribution in [0.3, 0.4) is 0 Å². The molecular formula is C21H20O12. The average molecular weight is 464 g/mol. The molecule has 12 heteroatoms. The molecule has 1 aliphatic rings. The minimum absolute atomic E-state index is 0.0494. The normalized spacial score (nSPS) is 25.3. The Morgan fingerprint density at radius 3 is 2.27 bits per heavy atom. The van der Waals surface area contributed by atoms with E-state index in [4.69, 9.17) is 13.9 Å². The van der Waals surface area contributed by atoms with Crippen molar-refractivity contribution >= 4 is 11.0 Å². The van der Waals surface area contributed by atoms with Gasteiger partial charge in [0.2, 0.25) is 12.0 Å². The number of benzene rings is 2. The second-order valence-corrected chi connectivity index (χ2v) is 7.44. The van der Waals surface area contributed by atoms with Crippen molar-refractivity contribution in [2.75, 3.05) is 6.61 Å². The Labute approximate surface area is 184 Å². The van der Waals surface area contributed by atoms with E-state index in [1.807, 2.05) is 0 Å². The van der Waals surface area contributed by atoms with Crippen molar-refractivity contribution in [2.45, 2.75) is 30.7 Å². The van der Waals surface area contributed by atoms with E-state index in [1.54, 1.807) is 0 Å². The molecule has 5 atom stereocenters. The number of ether oxygens (including phenoxy) is 2. The zero-order chi connectivity index (χ0) is 24.0. The summed E-state index contributed by atoms with van der Waals surface area (Å²) < 4.78 is 16.2. The molecule has 0 spiro atoms. The Hall–Kier alpha value is -3.55. The molecule has 1 aliphatic heterocycles. The van der Waals surface area contributed by atoms with Crippen molar-refractivity contribution in [3.05, 3.63) is 40.6 Å². The van der Waals surface area contributed by atoms with Gasteiger partial charge in [0.25, 0.3) is 0 Å². The summed E-state index contributed by atoms with van der Waals surface area (Å²) >= 11 is 0. The summed E-state index contributed by atoms with van der Waals surface area (Å²) in [6, 6.07) is 5.72. The van der Waals surface area contributed by atoms with Gasteiger partial charge in [-0.3, -0.25) is 4.79 Å². The Bertz CT molecular complexity index is 1250. The molecule has 2 aromatic carbocycles. The maximum atomic E-state index is 12.6. The van der Waals surface area contributed by atoms with Gasteiger partial charge in [0.15, 0.2) is 28.4 Å². The number of hydrogen-bond acceptors (Lipinski definition) is 12. The number of hydrogen-bond donors (Lipinski definition) is 8. The highest BCUT2D eigenvalue weighted by molar-refractivity contribution is 5.89. The highest BCUT2D eigenvalue weighted by Crippen LogP contribution is 2.43. The number of fused-ring (bicyclic) bond motifs is 1. The molecule has 176 valence electrons. The zero-order valence-electron chi connectivity index (χ0n) is 16.7. The highest BCUT2D eigenvalue weighted by atomic mass is 16.7. The Kier molecular flexibility index (Phi) is 5.78. The third-order valence-corrected chi connectivity index (χ3v) is 5.28. The van der Waals surface area contributed by atoms with Gasteiger partial charge in [-0.1, -0.05) is 0 Å². The Morgan fingerprint density at radius 1 is 0.879 bits per heavy atom. The molecule has 1 saturated heterocycles. The minimum atomic E-state index is -1.79. The van der Waals surface area contributed by atoms with Gasteiger partial charge < -0.3 is 54.7 Å². The molecule has 8 N–H and O–H groups in total. The van der Waals surface area contributed by atoms with Gasteiger partial charge in [-0.25, -0.2) is 0 Å². The molecule has 33 heavy (non-hydrogen) atoms. The number of aliphatic hydroxyl groups is 4. The second kappa shape index (κ2) is 8.42. The minimum Gasteiger partial charge on any atom is -0.504 e. The maximum absolute atomic E-state index is 12.6.